The van der Waals surface area contributed by atoms with Crippen LogP contribution in [0.15, 0.2) is 36.7 Å². The maximum atomic E-state index is 13.4. The van der Waals surface area contributed by atoms with Gasteiger partial charge >= 0.3 is 0 Å². The highest BCUT2D eigenvalue weighted by Gasteiger charge is 2.12. The fourth-order valence-electron chi connectivity index (χ4n) is 1.76. The van der Waals surface area contributed by atoms with Crippen LogP contribution in [-0.4, -0.2) is 17.4 Å². The van der Waals surface area contributed by atoms with Crippen LogP contribution in [0, 0.1) is 5.82 Å². The average Bonchev–Trinajstić information content (AvgIpc) is 2.49. The third-order valence-corrected chi connectivity index (χ3v) is 3.12. The van der Waals surface area contributed by atoms with Crippen LogP contribution in [0.4, 0.5) is 15.8 Å². The second-order valence-corrected chi connectivity index (χ2v) is 4.84. The molecular weight excluding hydrogens is 293 g/mol. The number of hydrogen-bond donors (Lipinski definition) is 2. The van der Waals surface area contributed by atoms with Gasteiger partial charge in [0.25, 0.3) is 5.91 Å². The fourth-order valence-corrected chi connectivity index (χ4v) is 1.88. The number of benzene rings is 1. The fraction of sp³-hybridized carbons (Fsp3) is 0.200. The Labute approximate surface area is 127 Å². The van der Waals surface area contributed by atoms with Gasteiger partial charge in [0.05, 0.1) is 16.3 Å². The van der Waals surface area contributed by atoms with Gasteiger partial charge in [0.15, 0.2) is 0 Å². The van der Waals surface area contributed by atoms with Crippen LogP contribution in [0.25, 0.3) is 0 Å². The van der Waals surface area contributed by atoms with Gasteiger partial charge in [-0.25, -0.2) is 4.39 Å². The first kappa shape index (κ1) is 15.3. The van der Waals surface area contributed by atoms with E-state index < -0.39 is 5.82 Å². The molecule has 1 amide bonds. The van der Waals surface area contributed by atoms with Crippen LogP contribution in [0.3, 0.4) is 0 Å². The van der Waals surface area contributed by atoms with E-state index >= 15 is 0 Å². The van der Waals surface area contributed by atoms with Crippen molar-refractivity contribution in [1.82, 2.24) is 4.98 Å². The molecule has 2 aromatic rings. The van der Waals surface area contributed by atoms with Gasteiger partial charge in [0, 0.05) is 24.6 Å². The van der Waals surface area contributed by atoms with Gasteiger partial charge in [-0.2, -0.15) is 0 Å². The van der Waals surface area contributed by atoms with Crippen molar-refractivity contribution in [2.24, 2.45) is 0 Å². The Balaban J connectivity index is 2.18. The number of carbonyl (C=O) groups excluding carboxylic acids is 1. The van der Waals surface area contributed by atoms with E-state index in [-0.39, 0.29) is 10.9 Å². The topological polar surface area (TPSA) is 54.0 Å². The van der Waals surface area contributed by atoms with Crippen molar-refractivity contribution in [2.75, 3.05) is 17.2 Å². The SMILES string of the molecule is CCCNc1ccncc1C(=O)Nc1ccc(Cl)c(F)c1. The highest BCUT2D eigenvalue weighted by atomic mass is 35.5. The number of anilines is 2. The number of carbonyl (C=O) groups is 1. The summed E-state index contributed by atoms with van der Waals surface area (Å²) < 4.78 is 13.4. The van der Waals surface area contributed by atoms with Gasteiger partial charge in [-0.15, -0.1) is 0 Å². The normalized spacial score (nSPS) is 10.2. The Morgan fingerprint density at radius 2 is 2.19 bits per heavy atom. The number of nitrogens with zero attached hydrogens (tertiary/aromatic N) is 1. The Morgan fingerprint density at radius 3 is 2.90 bits per heavy atom. The first-order chi connectivity index (χ1) is 10.1. The second-order valence-electron chi connectivity index (χ2n) is 4.43. The molecule has 2 N–H and O–H groups in total. The van der Waals surface area contributed by atoms with E-state index in [1.54, 1.807) is 18.3 Å². The standard InChI is InChI=1S/C15H15ClFN3O/c1-2-6-19-14-5-7-18-9-11(14)15(21)20-10-3-4-12(16)13(17)8-10/h3-5,7-9H,2,6H2,1H3,(H,18,19)(H,20,21). The lowest BCUT2D eigenvalue weighted by atomic mass is 10.2. The van der Waals surface area contributed by atoms with Gasteiger partial charge < -0.3 is 10.6 Å². The highest BCUT2D eigenvalue weighted by Crippen LogP contribution is 2.20. The summed E-state index contributed by atoms with van der Waals surface area (Å²) in [6.07, 6.45) is 4.02. The first-order valence-corrected chi connectivity index (χ1v) is 6.94. The Bertz CT molecular complexity index is 649. The third-order valence-electron chi connectivity index (χ3n) is 2.81. The Morgan fingerprint density at radius 1 is 1.38 bits per heavy atom. The molecule has 21 heavy (non-hydrogen) atoms. The Kier molecular flexibility index (Phi) is 5.11. The molecule has 2 rings (SSSR count). The summed E-state index contributed by atoms with van der Waals surface area (Å²) in [5.74, 6) is -0.937. The smallest absolute Gasteiger partial charge is 0.259 e. The van der Waals surface area contributed by atoms with E-state index in [2.05, 4.69) is 15.6 Å². The summed E-state index contributed by atoms with van der Waals surface area (Å²) in [5.41, 5.74) is 1.44. The molecule has 0 radical (unpaired) electrons. The number of halogens is 2. The minimum absolute atomic E-state index is 0.0136. The molecule has 0 saturated carbocycles. The van der Waals surface area contributed by atoms with Crippen molar-refractivity contribution in [1.29, 1.82) is 0 Å². The minimum Gasteiger partial charge on any atom is -0.384 e. The molecule has 0 unspecified atom stereocenters. The van der Waals surface area contributed by atoms with Gasteiger partial charge in [0.1, 0.15) is 5.82 Å². The van der Waals surface area contributed by atoms with Crippen LogP contribution in [0.5, 0.6) is 0 Å². The lowest BCUT2D eigenvalue weighted by Crippen LogP contribution is -2.15. The maximum absolute atomic E-state index is 13.4. The van der Waals surface area contributed by atoms with Crippen molar-refractivity contribution < 1.29 is 9.18 Å². The van der Waals surface area contributed by atoms with Crippen LogP contribution in [0.1, 0.15) is 23.7 Å². The molecule has 0 fully saturated rings. The molecule has 110 valence electrons. The van der Waals surface area contributed by atoms with Gasteiger partial charge in [-0.3, -0.25) is 9.78 Å². The number of nitrogens with one attached hydrogen (secondary N) is 2. The lowest BCUT2D eigenvalue weighted by molar-refractivity contribution is 0.102. The number of hydrogen-bond acceptors (Lipinski definition) is 3. The number of aromatic nitrogens is 1. The number of rotatable bonds is 5. The molecule has 0 spiro atoms. The molecule has 1 aromatic carbocycles. The molecule has 1 heterocycles. The molecule has 6 heteroatoms. The molecular formula is C15H15ClFN3O. The minimum atomic E-state index is -0.579. The largest absolute Gasteiger partial charge is 0.384 e. The molecule has 0 aliphatic rings. The summed E-state index contributed by atoms with van der Waals surface area (Å²) >= 11 is 5.61. The molecule has 0 aliphatic carbocycles. The van der Waals surface area contributed by atoms with E-state index in [0.717, 1.165) is 13.0 Å². The summed E-state index contributed by atoms with van der Waals surface area (Å²) in [5, 5.41) is 5.79. The van der Waals surface area contributed by atoms with E-state index in [0.29, 0.717) is 16.9 Å². The van der Waals surface area contributed by atoms with E-state index in [1.165, 1.54) is 18.3 Å². The summed E-state index contributed by atoms with van der Waals surface area (Å²) in [4.78, 5) is 16.2. The third kappa shape index (κ3) is 3.92. The molecule has 0 aliphatic heterocycles. The van der Waals surface area contributed by atoms with E-state index in [1.807, 2.05) is 6.92 Å². The number of pyridine rings is 1. The van der Waals surface area contributed by atoms with Crippen molar-refractivity contribution >= 4 is 28.9 Å². The van der Waals surface area contributed by atoms with Crippen LogP contribution >= 0.6 is 11.6 Å². The van der Waals surface area contributed by atoms with Gasteiger partial charge in [0.2, 0.25) is 0 Å². The summed E-state index contributed by atoms with van der Waals surface area (Å²) in [6, 6.07) is 5.84. The van der Waals surface area contributed by atoms with Gasteiger partial charge in [-0.05, 0) is 30.7 Å². The summed E-state index contributed by atoms with van der Waals surface area (Å²) in [6.45, 7) is 2.78. The van der Waals surface area contributed by atoms with Gasteiger partial charge in [-0.1, -0.05) is 18.5 Å². The zero-order valence-electron chi connectivity index (χ0n) is 11.5. The predicted octanol–water partition coefficient (Wildman–Crippen LogP) is 3.95. The van der Waals surface area contributed by atoms with Crippen LogP contribution < -0.4 is 10.6 Å². The van der Waals surface area contributed by atoms with Crippen LogP contribution in [-0.2, 0) is 0 Å². The lowest BCUT2D eigenvalue weighted by Gasteiger charge is -2.11. The second kappa shape index (κ2) is 7.04. The molecule has 0 atom stereocenters. The van der Waals surface area contributed by atoms with Crippen molar-refractivity contribution in [3.05, 3.63) is 53.1 Å². The zero-order chi connectivity index (χ0) is 15.2. The quantitative estimate of drug-likeness (QED) is 0.879. The van der Waals surface area contributed by atoms with Crippen molar-refractivity contribution in [2.45, 2.75) is 13.3 Å². The molecule has 1 aromatic heterocycles. The molecule has 0 saturated heterocycles. The first-order valence-electron chi connectivity index (χ1n) is 6.56. The van der Waals surface area contributed by atoms with E-state index in [4.69, 9.17) is 11.6 Å². The number of amides is 1. The molecule has 4 nitrogen and oxygen atoms in total. The zero-order valence-corrected chi connectivity index (χ0v) is 12.2. The average molecular weight is 308 g/mol. The predicted molar refractivity (Wildman–Crippen MR) is 82.4 cm³/mol. The Hall–Kier alpha value is -2.14. The summed E-state index contributed by atoms with van der Waals surface area (Å²) in [7, 11) is 0. The highest BCUT2D eigenvalue weighted by molar-refractivity contribution is 6.30. The van der Waals surface area contributed by atoms with E-state index in [9.17, 15) is 9.18 Å². The van der Waals surface area contributed by atoms with Crippen molar-refractivity contribution in [3.63, 3.8) is 0 Å². The van der Waals surface area contributed by atoms with Crippen LogP contribution in [0.2, 0.25) is 5.02 Å². The molecule has 0 bridgehead atoms. The van der Waals surface area contributed by atoms with Crippen molar-refractivity contribution in [3.8, 4) is 0 Å². The monoisotopic (exact) mass is 307 g/mol. The maximum Gasteiger partial charge on any atom is 0.259 e.